The first-order valence-corrected chi connectivity index (χ1v) is 10.7. The van der Waals surface area contributed by atoms with Crippen molar-refractivity contribution in [1.82, 2.24) is 20.2 Å². The quantitative estimate of drug-likeness (QED) is 0.622. The van der Waals surface area contributed by atoms with Gasteiger partial charge < -0.3 is 15.5 Å². The molecule has 2 atom stereocenters. The minimum Gasteiger partial charge on any atom is -0.348 e. The number of carbonyl (C=O) groups excluding carboxylic acids is 3. The van der Waals surface area contributed by atoms with E-state index in [2.05, 4.69) is 20.6 Å². The number of amides is 3. The molecule has 8 nitrogen and oxygen atoms in total. The van der Waals surface area contributed by atoms with E-state index in [4.69, 9.17) is 0 Å². The van der Waals surface area contributed by atoms with E-state index in [1.807, 2.05) is 0 Å². The molecule has 0 radical (unpaired) electrons. The molecule has 0 bridgehead atoms. The molecule has 3 heterocycles. The molecule has 0 saturated carbocycles. The number of benzene rings is 2. The third-order valence-electron chi connectivity index (χ3n) is 6.05. The summed E-state index contributed by atoms with van der Waals surface area (Å²) < 4.78 is 27.6. The van der Waals surface area contributed by atoms with E-state index in [0.717, 1.165) is 12.1 Å². The summed E-state index contributed by atoms with van der Waals surface area (Å²) in [7, 11) is 0. The second-order valence-corrected chi connectivity index (χ2v) is 8.17. The molecule has 172 valence electrons. The standard InChI is InChI=1S/C24H19F2N5O3/c25-14-2-3-16(18(26)10-14)13-1-4-19-17(9-13)24(34)31-8-5-15(11-21(31)23(33)30-19)29-22(32)20-12-27-6-7-28-20/h1-4,6-7,9-10,12,15,21H,5,8,11H2,(H,29,32)(H,30,33). The molecule has 1 aromatic heterocycles. The zero-order valence-electron chi connectivity index (χ0n) is 17.8. The summed E-state index contributed by atoms with van der Waals surface area (Å²) in [6.45, 7) is 0.247. The van der Waals surface area contributed by atoms with Crippen LogP contribution in [0.1, 0.15) is 33.7 Å². The number of nitrogens with zero attached hydrogens (tertiary/aromatic N) is 3. The van der Waals surface area contributed by atoms with Gasteiger partial charge in [0.25, 0.3) is 11.8 Å². The summed E-state index contributed by atoms with van der Waals surface area (Å²) in [6.07, 6.45) is 4.91. The van der Waals surface area contributed by atoms with Crippen molar-refractivity contribution in [3.05, 3.63) is 77.9 Å². The molecule has 34 heavy (non-hydrogen) atoms. The van der Waals surface area contributed by atoms with Crippen LogP contribution in [-0.2, 0) is 4.79 Å². The normalized spacial score (nSPS) is 19.5. The Morgan fingerprint density at radius 2 is 1.94 bits per heavy atom. The van der Waals surface area contributed by atoms with Gasteiger partial charge in [-0.1, -0.05) is 6.07 Å². The van der Waals surface area contributed by atoms with Gasteiger partial charge in [-0.25, -0.2) is 13.8 Å². The number of anilines is 1. The highest BCUT2D eigenvalue weighted by Gasteiger charge is 2.40. The average Bonchev–Trinajstić information content (AvgIpc) is 2.94. The van der Waals surface area contributed by atoms with Crippen LogP contribution in [0.2, 0.25) is 0 Å². The van der Waals surface area contributed by atoms with Crippen LogP contribution in [0.25, 0.3) is 11.1 Å². The van der Waals surface area contributed by atoms with E-state index in [1.165, 1.54) is 41.7 Å². The number of fused-ring (bicyclic) bond motifs is 2. The lowest BCUT2D eigenvalue weighted by molar-refractivity contribution is -0.121. The van der Waals surface area contributed by atoms with Gasteiger partial charge in [0.15, 0.2) is 0 Å². The van der Waals surface area contributed by atoms with E-state index in [-0.39, 0.29) is 47.6 Å². The molecular weight excluding hydrogens is 444 g/mol. The molecule has 5 rings (SSSR count). The summed E-state index contributed by atoms with van der Waals surface area (Å²) in [4.78, 5) is 48.1. The molecule has 2 N–H and O–H groups in total. The molecular formula is C24H19F2N5O3. The maximum Gasteiger partial charge on any atom is 0.271 e. The predicted molar refractivity (Wildman–Crippen MR) is 118 cm³/mol. The van der Waals surface area contributed by atoms with Crippen molar-refractivity contribution in [3.63, 3.8) is 0 Å². The number of aromatic nitrogens is 2. The van der Waals surface area contributed by atoms with Gasteiger partial charge in [0.05, 0.1) is 17.4 Å². The van der Waals surface area contributed by atoms with E-state index in [1.54, 1.807) is 6.07 Å². The molecule has 10 heteroatoms. The monoisotopic (exact) mass is 463 g/mol. The van der Waals surface area contributed by atoms with Crippen molar-refractivity contribution >= 4 is 23.4 Å². The lowest BCUT2D eigenvalue weighted by Gasteiger charge is -2.37. The zero-order valence-corrected chi connectivity index (χ0v) is 17.8. The highest BCUT2D eigenvalue weighted by molar-refractivity contribution is 6.10. The second-order valence-electron chi connectivity index (χ2n) is 8.17. The van der Waals surface area contributed by atoms with Gasteiger partial charge in [0.2, 0.25) is 5.91 Å². The van der Waals surface area contributed by atoms with E-state index < -0.39 is 23.6 Å². The van der Waals surface area contributed by atoms with Gasteiger partial charge in [0, 0.05) is 36.6 Å². The molecule has 3 amide bonds. The fourth-order valence-electron chi connectivity index (χ4n) is 4.36. The van der Waals surface area contributed by atoms with Crippen LogP contribution in [0.4, 0.5) is 14.5 Å². The van der Waals surface area contributed by atoms with Crippen LogP contribution in [0, 0.1) is 11.6 Å². The van der Waals surface area contributed by atoms with Gasteiger partial charge >= 0.3 is 0 Å². The Kier molecular flexibility index (Phi) is 5.48. The van der Waals surface area contributed by atoms with Crippen LogP contribution in [0.5, 0.6) is 0 Å². The summed E-state index contributed by atoms with van der Waals surface area (Å²) in [5.74, 6) is -2.59. The maximum absolute atomic E-state index is 14.3. The van der Waals surface area contributed by atoms with Crippen molar-refractivity contribution in [1.29, 1.82) is 0 Å². The minimum absolute atomic E-state index is 0.148. The van der Waals surface area contributed by atoms with Crippen molar-refractivity contribution in [3.8, 4) is 11.1 Å². The van der Waals surface area contributed by atoms with Gasteiger partial charge in [-0.3, -0.25) is 19.4 Å². The first kappa shape index (κ1) is 21.6. The molecule has 2 aliphatic rings. The van der Waals surface area contributed by atoms with E-state index >= 15 is 0 Å². The van der Waals surface area contributed by atoms with Crippen molar-refractivity contribution in [2.45, 2.75) is 24.9 Å². The Balaban J connectivity index is 1.38. The number of piperidine rings is 1. The van der Waals surface area contributed by atoms with E-state index in [9.17, 15) is 23.2 Å². The molecule has 3 aromatic rings. The van der Waals surface area contributed by atoms with Gasteiger partial charge in [-0.2, -0.15) is 0 Å². The van der Waals surface area contributed by atoms with Crippen molar-refractivity contribution in [2.75, 3.05) is 11.9 Å². The van der Waals surface area contributed by atoms with Crippen LogP contribution >= 0.6 is 0 Å². The molecule has 0 spiro atoms. The number of hydrogen-bond acceptors (Lipinski definition) is 5. The third kappa shape index (κ3) is 3.98. The van der Waals surface area contributed by atoms with Gasteiger partial charge in [-0.05, 0) is 42.7 Å². The molecule has 0 aliphatic carbocycles. The summed E-state index contributed by atoms with van der Waals surface area (Å²) >= 11 is 0. The Morgan fingerprint density at radius 1 is 1.09 bits per heavy atom. The van der Waals surface area contributed by atoms with E-state index in [0.29, 0.717) is 17.7 Å². The molecule has 1 saturated heterocycles. The number of nitrogens with one attached hydrogen (secondary N) is 2. The number of halogens is 2. The topological polar surface area (TPSA) is 104 Å². The fraction of sp³-hybridized carbons (Fsp3) is 0.208. The average molecular weight is 463 g/mol. The summed E-state index contributed by atoms with van der Waals surface area (Å²) in [5, 5.41) is 5.62. The highest BCUT2D eigenvalue weighted by atomic mass is 19.1. The number of rotatable bonds is 3. The third-order valence-corrected chi connectivity index (χ3v) is 6.05. The van der Waals surface area contributed by atoms with Crippen molar-refractivity contribution < 1.29 is 23.2 Å². The smallest absolute Gasteiger partial charge is 0.271 e. The summed E-state index contributed by atoms with van der Waals surface area (Å²) in [6, 6.07) is 6.71. The zero-order chi connectivity index (χ0) is 23.8. The minimum atomic E-state index is -0.785. The maximum atomic E-state index is 14.3. The van der Waals surface area contributed by atoms with Crippen LogP contribution < -0.4 is 10.6 Å². The van der Waals surface area contributed by atoms with Crippen LogP contribution in [-0.4, -0.2) is 51.2 Å². The Bertz CT molecular complexity index is 1300. The lowest BCUT2D eigenvalue weighted by atomic mass is 9.95. The number of hydrogen-bond donors (Lipinski definition) is 2. The lowest BCUT2D eigenvalue weighted by Crippen LogP contribution is -2.55. The summed E-state index contributed by atoms with van der Waals surface area (Å²) in [5.41, 5.74) is 1.24. The highest BCUT2D eigenvalue weighted by Crippen LogP contribution is 2.32. The van der Waals surface area contributed by atoms with Gasteiger partial charge in [0.1, 0.15) is 23.4 Å². The molecule has 2 aromatic carbocycles. The number of carbonyl (C=O) groups is 3. The predicted octanol–water partition coefficient (Wildman–Crippen LogP) is 2.78. The Hall–Kier alpha value is -4.21. The SMILES string of the molecule is O=C(NC1CCN2C(=O)c3cc(-c4ccc(F)cc4F)ccc3NC(=O)C2C1)c1cnccn1. The first-order chi connectivity index (χ1) is 16.4. The van der Waals surface area contributed by atoms with Crippen molar-refractivity contribution in [2.24, 2.45) is 0 Å². The van der Waals surface area contributed by atoms with Gasteiger partial charge in [-0.15, -0.1) is 0 Å². The Labute approximate surface area is 193 Å². The second kappa shape index (κ2) is 8.62. The Morgan fingerprint density at radius 3 is 2.71 bits per heavy atom. The molecule has 2 aliphatic heterocycles. The fourth-order valence-corrected chi connectivity index (χ4v) is 4.36. The first-order valence-electron chi connectivity index (χ1n) is 10.7. The molecule has 2 unspecified atom stereocenters. The van der Waals surface area contributed by atoms with Crippen LogP contribution in [0.15, 0.2) is 55.0 Å². The largest absolute Gasteiger partial charge is 0.348 e. The molecule has 1 fully saturated rings. The van der Waals surface area contributed by atoms with Crippen LogP contribution in [0.3, 0.4) is 0 Å².